The third-order valence-electron chi connectivity index (χ3n) is 4.39. The molecule has 1 saturated heterocycles. The van der Waals surface area contributed by atoms with Crippen molar-refractivity contribution in [1.29, 1.82) is 0 Å². The summed E-state index contributed by atoms with van der Waals surface area (Å²) in [5.74, 6) is -0.987. The lowest BCUT2D eigenvalue weighted by Crippen LogP contribution is -2.47. The van der Waals surface area contributed by atoms with E-state index in [1.165, 1.54) is 4.90 Å². The van der Waals surface area contributed by atoms with E-state index in [4.69, 9.17) is 5.11 Å². The second kappa shape index (κ2) is 9.02. The highest BCUT2D eigenvalue weighted by atomic mass is 32.2. The Morgan fingerprint density at radius 1 is 1.31 bits per heavy atom. The van der Waals surface area contributed by atoms with Gasteiger partial charge in [-0.1, -0.05) is 37.3 Å². The molecule has 7 nitrogen and oxygen atoms in total. The van der Waals surface area contributed by atoms with Crippen molar-refractivity contribution in [1.82, 2.24) is 10.2 Å². The molecule has 0 radical (unpaired) electrons. The fourth-order valence-corrected chi connectivity index (χ4v) is 4.80. The van der Waals surface area contributed by atoms with Crippen molar-refractivity contribution < 1.29 is 23.1 Å². The van der Waals surface area contributed by atoms with Gasteiger partial charge in [0, 0.05) is 25.6 Å². The predicted molar refractivity (Wildman–Crippen MR) is 98.7 cm³/mol. The Morgan fingerprint density at radius 3 is 2.65 bits per heavy atom. The maximum absolute atomic E-state index is 12.6. The molecule has 1 heterocycles. The first kappa shape index (κ1) is 20.2. The number of nitrogens with one attached hydrogen (secondary N) is 1. The first-order valence-electron chi connectivity index (χ1n) is 8.77. The summed E-state index contributed by atoms with van der Waals surface area (Å²) in [6.45, 7) is 2.35. The molecular weight excluding hydrogens is 356 g/mol. The predicted octanol–water partition coefficient (Wildman–Crippen LogP) is 1.54. The van der Waals surface area contributed by atoms with E-state index >= 15 is 0 Å². The van der Waals surface area contributed by atoms with Gasteiger partial charge in [0.2, 0.25) is 0 Å². The van der Waals surface area contributed by atoms with Gasteiger partial charge in [-0.3, -0.25) is 4.79 Å². The minimum absolute atomic E-state index is 0.0385. The standard InChI is InChI=1S/C18H26N2O5S/c1-14-12-20(9-10-26(24,25)13-14)18(23)19-16(7-8-17(21)22)11-15-5-3-2-4-6-15/h2-6,14,16H,7-13H2,1H3,(H,19,23)(H,21,22). The van der Waals surface area contributed by atoms with Crippen LogP contribution in [0.25, 0.3) is 0 Å². The van der Waals surface area contributed by atoms with E-state index in [0.717, 1.165) is 5.56 Å². The zero-order valence-electron chi connectivity index (χ0n) is 14.9. The second-order valence-corrected chi connectivity index (χ2v) is 9.16. The Bertz CT molecular complexity index is 720. The molecule has 1 aromatic rings. The van der Waals surface area contributed by atoms with Gasteiger partial charge in [0.1, 0.15) is 0 Å². The van der Waals surface area contributed by atoms with Crippen molar-refractivity contribution >= 4 is 21.8 Å². The van der Waals surface area contributed by atoms with E-state index in [1.54, 1.807) is 0 Å². The molecule has 0 aromatic heterocycles. The van der Waals surface area contributed by atoms with Crippen LogP contribution in [0.5, 0.6) is 0 Å². The van der Waals surface area contributed by atoms with Gasteiger partial charge in [0.25, 0.3) is 0 Å². The van der Waals surface area contributed by atoms with Gasteiger partial charge >= 0.3 is 12.0 Å². The van der Waals surface area contributed by atoms with Crippen LogP contribution in [0, 0.1) is 5.92 Å². The quantitative estimate of drug-likeness (QED) is 0.777. The summed E-state index contributed by atoms with van der Waals surface area (Å²) < 4.78 is 23.7. The number of aliphatic carboxylic acids is 1. The highest BCUT2D eigenvalue weighted by molar-refractivity contribution is 7.91. The molecule has 2 atom stereocenters. The average molecular weight is 382 g/mol. The summed E-state index contributed by atoms with van der Waals surface area (Å²) in [5, 5.41) is 11.8. The smallest absolute Gasteiger partial charge is 0.317 e. The van der Waals surface area contributed by atoms with Gasteiger partial charge in [0.05, 0.1) is 11.5 Å². The summed E-state index contributed by atoms with van der Waals surface area (Å²) in [7, 11) is -3.13. The fraction of sp³-hybridized carbons (Fsp3) is 0.556. The van der Waals surface area contributed by atoms with Crippen LogP contribution in [0.2, 0.25) is 0 Å². The summed E-state index contributed by atoms with van der Waals surface area (Å²) in [6, 6.07) is 8.89. The monoisotopic (exact) mass is 382 g/mol. The van der Waals surface area contributed by atoms with Gasteiger partial charge in [-0.05, 0) is 24.3 Å². The van der Waals surface area contributed by atoms with E-state index in [9.17, 15) is 18.0 Å². The lowest BCUT2D eigenvalue weighted by atomic mass is 10.0. The van der Waals surface area contributed by atoms with E-state index < -0.39 is 15.8 Å². The third kappa shape index (κ3) is 6.67. The molecule has 1 fully saturated rings. The molecule has 0 bridgehead atoms. The van der Waals surface area contributed by atoms with Crippen molar-refractivity contribution in [2.75, 3.05) is 24.6 Å². The zero-order valence-corrected chi connectivity index (χ0v) is 15.7. The molecule has 0 aliphatic carbocycles. The van der Waals surface area contributed by atoms with Crippen LogP contribution >= 0.6 is 0 Å². The lowest BCUT2D eigenvalue weighted by Gasteiger charge is -2.26. The topological polar surface area (TPSA) is 104 Å². The molecule has 0 spiro atoms. The minimum Gasteiger partial charge on any atom is -0.481 e. The van der Waals surface area contributed by atoms with Gasteiger partial charge in [-0.25, -0.2) is 13.2 Å². The van der Waals surface area contributed by atoms with Crippen LogP contribution in [0.3, 0.4) is 0 Å². The van der Waals surface area contributed by atoms with Crippen LogP contribution in [-0.2, 0) is 21.1 Å². The molecule has 26 heavy (non-hydrogen) atoms. The van der Waals surface area contributed by atoms with Gasteiger partial charge in [-0.15, -0.1) is 0 Å². The molecule has 8 heteroatoms. The number of rotatable bonds is 6. The third-order valence-corrected chi connectivity index (χ3v) is 6.27. The van der Waals surface area contributed by atoms with Gasteiger partial charge < -0.3 is 15.3 Å². The molecule has 2 unspecified atom stereocenters. The van der Waals surface area contributed by atoms with Crippen LogP contribution in [0.4, 0.5) is 4.79 Å². The number of nitrogens with zero attached hydrogens (tertiary/aromatic N) is 1. The van der Waals surface area contributed by atoms with Crippen LogP contribution in [0.1, 0.15) is 25.3 Å². The summed E-state index contributed by atoms with van der Waals surface area (Å²) in [5.41, 5.74) is 1.01. The molecule has 144 valence electrons. The number of hydrogen-bond donors (Lipinski definition) is 2. The molecule has 1 aliphatic rings. The number of benzene rings is 1. The summed E-state index contributed by atoms with van der Waals surface area (Å²) in [6.07, 6.45) is 0.807. The van der Waals surface area contributed by atoms with Crippen LogP contribution in [-0.4, -0.2) is 61.1 Å². The van der Waals surface area contributed by atoms with E-state index in [-0.39, 0.29) is 42.5 Å². The number of carbonyl (C=O) groups is 2. The lowest BCUT2D eigenvalue weighted by molar-refractivity contribution is -0.137. The molecule has 2 rings (SSSR count). The fourth-order valence-electron chi connectivity index (χ4n) is 3.16. The Hall–Kier alpha value is -2.09. The van der Waals surface area contributed by atoms with Crippen LogP contribution < -0.4 is 5.32 Å². The first-order valence-corrected chi connectivity index (χ1v) is 10.6. The van der Waals surface area contributed by atoms with Crippen molar-refractivity contribution in [2.45, 2.75) is 32.2 Å². The molecular formula is C18H26N2O5S. The van der Waals surface area contributed by atoms with E-state index in [0.29, 0.717) is 19.4 Å². The Morgan fingerprint density at radius 2 is 2.00 bits per heavy atom. The van der Waals surface area contributed by atoms with E-state index in [2.05, 4.69) is 5.32 Å². The molecule has 1 aliphatic heterocycles. The minimum atomic E-state index is -3.13. The number of carbonyl (C=O) groups excluding carboxylic acids is 1. The number of carboxylic acid groups (broad SMARTS) is 1. The van der Waals surface area contributed by atoms with Crippen molar-refractivity contribution in [2.24, 2.45) is 5.92 Å². The highest BCUT2D eigenvalue weighted by Gasteiger charge is 2.28. The number of urea groups is 1. The first-order chi connectivity index (χ1) is 12.2. The largest absolute Gasteiger partial charge is 0.481 e. The summed E-state index contributed by atoms with van der Waals surface area (Å²) >= 11 is 0. The SMILES string of the molecule is CC1CN(C(=O)NC(CCC(=O)O)Cc2ccccc2)CCS(=O)(=O)C1. The normalized spacial score (nSPS) is 20.8. The second-order valence-electron chi connectivity index (χ2n) is 6.93. The Kier molecular flexibility index (Phi) is 7.02. The molecule has 2 N–H and O–H groups in total. The molecule has 2 amide bonds. The van der Waals surface area contributed by atoms with Crippen molar-refractivity contribution in [3.8, 4) is 0 Å². The number of hydrogen-bond acceptors (Lipinski definition) is 4. The summed E-state index contributed by atoms with van der Waals surface area (Å²) in [4.78, 5) is 25.1. The molecule has 1 aromatic carbocycles. The zero-order chi connectivity index (χ0) is 19.2. The number of amides is 2. The average Bonchev–Trinajstić information content (AvgIpc) is 2.70. The maximum Gasteiger partial charge on any atom is 0.317 e. The van der Waals surface area contributed by atoms with Crippen molar-refractivity contribution in [3.05, 3.63) is 35.9 Å². The Labute approximate surface area is 154 Å². The maximum atomic E-state index is 12.6. The van der Waals surface area contributed by atoms with E-state index in [1.807, 2.05) is 37.3 Å². The Balaban J connectivity index is 2.03. The highest BCUT2D eigenvalue weighted by Crippen LogP contribution is 2.13. The van der Waals surface area contributed by atoms with Crippen molar-refractivity contribution in [3.63, 3.8) is 0 Å². The van der Waals surface area contributed by atoms with Gasteiger partial charge in [0.15, 0.2) is 9.84 Å². The number of carboxylic acids is 1. The number of sulfone groups is 1. The van der Waals surface area contributed by atoms with Gasteiger partial charge in [-0.2, -0.15) is 0 Å². The molecule has 0 saturated carbocycles. The van der Waals surface area contributed by atoms with Crippen LogP contribution in [0.15, 0.2) is 30.3 Å².